The average molecular weight is 393 g/mol. The highest BCUT2D eigenvalue weighted by Crippen LogP contribution is 2.25. The van der Waals surface area contributed by atoms with Crippen LogP contribution < -0.4 is 4.72 Å². The Morgan fingerprint density at radius 3 is 2.57 bits per heavy atom. The van der Waals surface area contributed by atoms with Gasteiger partial charge in [-0.1, -0.05) is 24.3 Å². The van der Waals surface area contributed by atoms with Crippen LogP contribution in [0.4, 0.5) is 5.69 Å². The third kappa shape index (κ3) is 3.34. The maximum absolute atomic E-state index is 12.9. The summed E-state index contributed by atoms with van der Waals surface area (Å²) in [6.45, 7) is 5.48. The van der Waals surface area contributed by atoms with Crippen LogP contribution in [0.2, 0.25) is 0 Å². The Hall–Kier alpha value is -3.26. The van der Waals surface area contributed by atoms with E-state index in [4.69, 9.17) is 0 Å². The largest absolute Gasteiger partial charge is 0.280 e. The second-order valence-electron chi connectivity index (χ2n) is 6.69. The molecule has 8 heteroatoms. The molecule has 0 bridgehead atoms. The lowest BCUT2D eigenvalue weighted by Crippen LogP contribution is -2.14. The molecule has 0 aliphatic rings. The molecule has 0 radical (unpaired) electrons. The lowest BCUT2D eigenvalue weighted by Gasteiger charge is -2.12. The molecule has 0 atom stereocenters. The van der Waals surface area contributed by atoms with Crippen LogP contribution in [0.1, 0.15) is 17.0 Å². The van der Waals surface area contributed by atoms with Crippen molar-refractivity contribution in [3.63, 3.8) is 0 Å². The second-order valence-corrected chi connectivity index (χ2v) is 8.34. The zero-order chi connectivity index (χ0) is 19.9. The Bertz CT molecular complexity index is 1300. The van der Waals surface area contributed by atoms with Gasteiger partial charge in [-0.15, -0.1) is 10.2 Å². The molecule has 0 unspecified atom stereocenters. The van der Waals surface area contributed by atoms with Gasteiger partial charge in [0.1, 0.15) is 0 Å². The van der Waals surface area contributed by atoms with E-state index in [-0.39, 0.29) is 4.90 Å². The smallest absolute Gasteiger partial charge is 0.262 e. The summed E-state index contributed by atoms with van der Waals surface area (Å²) in [6.07, 6.45) is 0. The molecule has 142 valence electrons. The van der Waals surface area contributed by atoms with Crippen LogP contribution in [0, 0.1) is 20.8 Å². The standard InChI is InChI=1S/C20H19N5O2S/c1-13-7-8-14(2)19(11-13)28(26,27)24-17-6-4-5-16(12-17)18-9-10-20-22-21-15(3)25(20)23-18/h4-12,24H,1-3H3. The minimum atomic E-state index is -3.69. The summed E-state index contributed by atoms with van der Waals surface area (Å²) in [5.74, 6) is 0.684. The first-order chi connectivity index (χ1) is 13.3. The molecule has 2 aromatic carbocycles. The first-order valence-electron chi connectivity index (χ1n) is 8.73. The van der Waals surface area contributed by atoms with Gasteiger partial charge in [0.2, 0.25) is 0 Å². The SMILES string of the molecule is Cc1ccc(C)c(S(=O)(=O)Nc2cccc(-c3ccc4nnc(C)n4n3)c2)c1. The number of sulfonamides is 1. The van der Waals surface area contributed by atoms with Gasteiger partial charge in [-0.3, -0.25) is 4.72 Å². The Kier molecular flexibility index (Phi) is 4.35. The van der Waals surface area contributed by atoms with Gasteiger partial charge in [0.15, 0.2) is 11.5 Å². The molecule has 0 fully saturated rings. The van der Waals surface area contributed by atoms with Crippen molar-refractivity contribution in [1.29, 1.82) is 0 Å². The van der Waals surface area contributed by atoms with Crippen LogP contribution in [-0.4, -0.2) is 28.2 Å². The third-order valence-electron chi connectivity index (χ3n) is 4.46. The molecule has 7 nitrogen and oxygen atoms in total. The third-order valence-corrected chi connectivity index (χ3v) is 5.99. The zero-order valence-corrected chi connectivity index (χ0v) is 16.5. The summed E-state index contributed by atoms with van der Waals surface area (Å²) >= 11 is 0. The highest BCUT2D eigenvalue weighted by atomic mass is 32.2. The molecule has 0 aliphatic heterocycles. The molecule has 0 saturated heterocycles. The van der Waals surface area contributed by atoms with Crippen molar-refractivity contribution in [2.45, 2.75) is 25.7 Å². The topological polar surface area (TPSA) is 89.2 Å². The van der Waals surface area contributed by atoms with Crippen molar-refractivity contribution < 1.29 is 8.42 Å². The van der Waals surface area contributed by atoms with Crippen LogP contribution in [0.5, 0.6) is 0 Å². The highest BCUT2D eigenvalue weighted by Gasteiger charge is 2.17. The number of nitrogens with one attached hydrogen (secondary N) is 1. The molecule has 2 aromatic heterocycles. The van der Waals surface area contributed by atoms with E-state index < -0.39 is 10.0 Å². The molecule has 28 heavy (non-hydrogen) atoms. The maximum Gasteiger partial charge on any atom is 0.262 e. The number of fused-ring (bicyclic) bond motifs is 1. The molecule has 0 saturated carbocycles. The van der Waals surface area contributed by atoms with Gasteiger partial charge in [0.05, 0.1) is 10.6 Å². The Morgan fingerprint density at radius 2 is 1.75 bits per heavy atom. The summed E-state index contributed by atoms with van der Waals surface area (Å²) in [5, 5.41) is 12.6. The normalized spacial score (nSPS) is 11.7. The van der Waals surface area contributed by atoms with E-state index in [9.17, 15) is 8.42 Å². The quantitative estimate of drug-likeness (QED) is 0.573. The number of benzene rings is 2. The predicted molar refractivity (Wildman–Crippen MR) is 108 cm³/mol. The number of rotatable bonds is 4. The van der Waals surface area contributed by atoms with Crippen LogP contribution in [-0.2, 0) is 10.0 Å². The van der Waals surface area contributed by atoms with E-state index in [0.29, 0.717) is 28.4 Å². The molecule has 0 amide bonds. The Morgan fingerprint density at radius 1 is 0.929 bits per heavy atom. The van der Waals surface area contributed by atoms with E-state index in [0.717, 1.165) is 11.1 Å². The molecular formula is C20H19N5O2S. The van der Waals surface area contributed by atoms with Crippen molar-refractivity contribution in [3.8, 4) is 11.3 Å². The van der Waals surface area contributed by atoms with Gasteiger partial charge in [0.25, 0.3) is 10.0 Å². The molecule has 2 heterocycles. The average Bonchev–Trinajstić information content (AvgIpc) is 3.04. The summed E-state index contributed by atoms with van der Waals surface area (Å²) < 4.78 is 30.0. The van der Waals surface area contributed by atoms with E-state index in [1.807, 2.05) is 38.1 Å². The van der Waals surface area contributed by atoms with Crippen LogP contribution in [0.3, 0.4) is 0 Å². The van der Waals surface area contributed by atoms with Gasteiger partial charge >= 0.3 is 0 Å². The van der Waals surface area contributed by atoms with Crippen molar-refractivity contribution >= 4 is 21.4 Å². The minimum Gasteiger partial charge on any atom is -0.280 e. The number of hydrogen-bond acceptors (Lipinski definition) is 5. The fourth-order valence-corrected chi connectivity index (χ4v) is 4.38. The molecular weight excluding hydrogens is 374 g/mol. The highest BCUT2D eigenvalue weighted by molar-refractivity contribution is 7.92. The number of nitrogens with zero attached hydrogens (tertiary/aromatic N) is 4. The van der Waals surface area contributed by atoms with Gasteiger partial charge in [-0.05, 0) is 62.2 Å². The maximum atomic E-state index is 12.9. The van der Waals surface area contributed by atoms with Crippen LogP contribution in [0.15, 0.2) is 59.5 Å². The fraction of sp³-hybridized carbons (Fsp3) is 0.150. The molecule has 0 spiro atoms. The monoisotopic (exact) mass is 393 g/mol. The number of anilines is 1. The number of aryl methyl sites for hydroxylation is 3. The molecule has 0 aliphatic carbocycles. The summed E-state index contributed by atoms with van der Waals surface area (Å²) in [4.78, 5) is 0.276. The lowest BCUT2D eigenvalue weighted by molar-refractivity contribution is 0.600. The van der Waals surface area contributed by atoms with Crippen molar-refractivity contribution in [1.82, 2.24) is 19.8 Å². The van der Waals surface area contributed by atoms with Crippen molar-refractivity contribution in [2.75, 3.05) is 4.72 Å². The first-order valence-corrected chi connectivity index (χ1v) is 10.2. The fourth-order valence-electron chi connectivity index (χ4n) is 3.00. The predicted octanol–water partition coefficient (Wildman–Crippen LogP) is 3.52. The lowest BCUT2D eigenvalue weighted by atomic mass is 10.1. The van der Waals surface area contributed by atoms with Crippen LogP contribution >= 0.6 is 0 Å². The Balaban J connectivity index is 1.70. The first kappa shape index (κ1) is 18.1. The summed E-state index contributed by atoms with van der Waals surface area (Å²) in [7, 11) is -3.69. The van der Waals surface area contributed by atoms with Crippen molar-refractivity contribution in [2.24, 2.45) is 0 Å². The Labute approximate surface area is 163 Å². The van der Waals surface area contributed by atoms with Gasteiger partial charge in [-0.25, -0.2) is 8.42 Å². The molecule has 1 N–H and O–H groups in total. The van der Waals surface area contributed by atoms with Gasteiger partial charge in [-0.2, -0.15) is 9.61 Å². The van der Waals surface area contributed by atoms with E-state index in [2.05, 4.69) is 20.0 Å². The van der Waals surface area contributed by atoms with E-state index in [1.54, 1.807) is 41.8 Å². The molecule has 4 aromatic rings. The molecule has 4 rings (SSSR count). The van der Waals surface area contributed by atoms with E-state index >= 15 is 0 Å². The van der Waals surface area contributed by atoms with Gasteiger partial charge in [0, 0.05) is 11.3 Å². The van der Waals surface area contributed by atoms with E-state index in [1.165, 1.54) is 0 Å². The van der Waals surface area contributed by atoms with Crippen molar-refractivity contribution in [3.05, 3.63) is 71.5 Å². The number of hydrogen-bond donors (Lipinski definition) is 1. The van der Waals surface area contributed by atoms with Gasteiger partial charge < -0.3 is 0 Å². The second kappa shape index (κ2) is 6.72. The minimum absolute atomic E-state index is 0.276. The summed E-state index contributed by atoms with van der Waals surface area (Å²) in [6, 6.07) is 16.2. The van der Waals surface area contributed by atoms with Crippen LogP contribution in [0.25, 0.3) is 16.9 Å². The zero-order valence-electron chi connectivity index (χ0n) is 15.7. The summed E-state index contributed by atoms with van der Waals surface area (Å²) in [5.41, 5.74) is 4.21. The number of aromatic nitrogens is 4.